The lowest BCUT2D eigenvalue weighted by Crippen LogP contribution is -2.44. The molecule has 3 rings (SSSR count). The normalized spacial score (nSPS) is 24.3. The van der Waals surface area contributed by atoms with Gasteiger partial charge in [0.1, 0.15) is 6.04 Å². The van der Waals surface area contributed by atoms with Gasteiger partial charge in [-0.15, -0.1) is 0 Å². The Balaban J connectivity index is 1.65. The summed E-state index contributed by atoms with van der Waals surface area (Å²) in [5.74, 6) is -1.72. The summed E-state index contributed by atoms with van der Waals surface area (Å²) in [6.45, 7) is 1.17. The predicted molar refractivity (Wildman–Crippen MR) is 80.1 cm³/mol. The van der Waals surface area contributed by atoms with Crippen LogP contribution in [0.5, 0.6) is 0 Å². The highest BCUT2D eigenvalue weighted by molar-refractivity contribution is 5.91. The van der Waals surface area contributed by atoms with Gasteiger partial charge < -0.3 is 14.9 Å². The fourth-order valence-corrected chi connectivity index (χ4v) is 3.30. The number of nitrogens with zero attached hydrogens (tertiary/aromatic N) is 3. The third-order valence-corrected chi connectivity index (χ3v) is 4.46. The van der Waals surface area contributed by atoms with Gasteiger partial charge in [-0.25, -0.2) is 4.79 Å². The predicted octanol–water partition coefficient (Wildman–Crippen LogP) is 0.506. The van der Waals surface area contributed by atoms with E-state index in [4.69, 9.17) is 0 Å². The Morgan fingerprint density at radius 3 is 2.87 bits per heavy atom. The average molecular weight is 317 g/mol. The molecule has 0 radical (unpaired) electrons. The number of hydrogen-bond donors (Lipinski definition) is 1. The smallest absolute Gasteiger partial charge is 0.326 e. The molecule has 1 aromatic rings. The van der Waals surface area contributed by atoms with Crippen LogP contribution in [0.4, 0.5) is 0 Å². The number of rotatable bonds is 4. The van der Waals surface area contributed by atoms with E-state index in [1.807, 2.05) is 12.1 Å². The lowest BCUT2D eigenvalue weighted by Gasteiger charge is -2.24. The Morgan fingerprint density at radius 1 is 1.35 bits per heavy atom. The Hall–Kier alpha value is -2.44. The van der Waals surface area contributed by atoms with Gasteiger partial charge in [0.15, 0.2) is 0 Å². The number of hydrogen-bond acceptors (Lipinski definition) is 4. The van der Waals surface area contributed by atoms with Gasteiger partial charge in [-0.2, -0.15) is 0 Å². The first-order chi connectivity index (χ1) is 11.1. The molecular formula is C16H19N3O4. The second kappa shape index (κ2) is 6.36. The maximum Gasteiger partial charge on any atom is 0.326 e. The van der Waals surface area contributed by atoms with E-state index in [0.717, 1.165) is 5.69 Å². The van der Waals surface area contributed by atoms with Crippen molar-refractivity contribution in [1.82, 2.24) is 14.8 Å². The molecule has 23 heavy (non-hydrogen) atoms. The van der Waals surface area contributed by atoms with Crippen LogP contribution in [0.3, 0.4) is 0 Å². The number of carbonyl (C=O) groups is 3. The highest BCUT2D eigenvalue weighted by Gasteiger charge is 2.41. The topological polar surface area (TPSA) is 90.8 Å². The highest BCUT2D eigenvalue weighted by Crippen LogP contribution is 2.26. The van der Waals surface area contributed by atoms with Crippen LogP contribution >= 0.6 is 0 Å². The summed E-state index contributed by atoms with van der Waals surface area (Å²) >= 11 is 0. The van der Waals surface area contributed by atoms with Crippen LogP contribution in [-0.2, 0) is 20.9 Å². The Morgan fingerprint density at radius 2 is 2.17 bits per heavy atom. The largest absolute Gasteiger partial charge is 0.480 e. The minimum atomic E-state index is -0.967. The minimum Gasteiger partial charge on any atom is -0.480 e. The van der Waals surface area contributed by atoms with Gasteiger partial charge >= 0.3 is 5.97 Å². The average Bonchev–Trinajstić information content (AvgIpc) is 3.15. The van der Waals surface area contributed by atoms with Gasteiger partial charge in [-0.1, -0.05) is 6.07 Å². The number of carbonyl (C=O) groups excluding carboxylic acids is 2. The summed E-state index contributed by atoms with van der Waals surface area (Å²) in [6, 6.07) is 4.75. The van der Waals surface area contributed by atoms with Gasteiger partial charge in [-0.05, 0) is 25.0 Å². The zero-order valence-electron chi connectivity index (χ0n) is 12.7. The summed E-state index contributed by atoms with van der Waals surface area (Å²) < 4.78 is 0. The van der Waals surface area contributed by atoms with Crippen LogP contribution in [0.25, 0.3) is 0 Å². The fourth-order valence-electron chi connectivity index (χ4n) is 3.30. The molecule has 0 bridgehead atoms. The van der Waals surface area contributed by atoms with Crippen molar-refractivity contribution in [3.8, 4) is 0 Å². The first kappa shape index (κ1) is 15.5. The number of pyridine rings is 1. The van der Waals surface area contributed by atoms with Gasteiger partial charge in [0.2, 0.25) is 11.8 Å². The van der Waals surface area contributed by atoms with Crippen molar-refractivity contribution in [2.75, 3.05) is 13.1 Å². The van der Waals surface area contributed by atoms with Crippen molar-refractivity contribution >= 4 is 17.8 Å². The van der Waals surface area contributed by atoms with Crippen LogP contribution in [0.2, 0.25) is 0 Å². The standard InChI is InChI=1S/C16H19N3O4/c20-14-8-11(9-18(14)10-12-4-1-2-6-17-12)15(21)19-7-3-5-13(19)16(22)23/h1-2,4,6,11,13H,3,5,7-10H2,(H,22,23). The number of aliphatic carboxylic acids is 1. The lowest BCUT2D eigenvalue weighted by molar-refractivity contribution is -0.149. The fraction of sp³-hybridized carbons (Fsp3) is 0.500. The van der Waals surface area contributed by atoms with E-state index >= 15 is 0 Å². The van der Waals surface area contributed by atoms with Crippen molar-refractivity contribution in [2.45, 2.75) is 31.8 Å². The molecule has 3 heterocycles. The lowest BCUT2D eigenvalue weighted by atomic mass is 10.1. The summed E-state index contributed by atoms with van der Waals surface area (Å²) in [5.41, 5.74) is 0.776. The van der Waals surface area contributed by atoms with Gasteiger partial charge in [0.05, 0.1) is 18.2 Å². The molecule has 0 spiro atoms. The molecule has 2 aliphatic rings. The highest BCUT2D eigenvalue weighted by atomic mass is 16.4. The van der Waals surface area contributed by atoms with Gasteiger partial charge in [-0.3, -0.25) is 14.6 Å². The van der Waals surface area contributed by atoms with Crippen molar-refractivity contribution in [2.24, 2.45) is 5.92 Å². The van der Waals surface area contributed by atoms with Crippen LogP contribution in [0, 0.1) is 5.92 Å². The summed E-state index contributed by atoms with van der Waals surface area (Å²) in [5, 5.41) is 9.19. The molecule has 122 valence electrons. The Kier molecular flexibility index (Phi) is 4.27. The number of amides is 2. The van der Waals surface area contributed by atoms with Crippen molar-refractivity contribution in [3.05, 3.63) is 30.1 Å². The van der Waals surface area contributed by atoms with E-state index in [1.54, 1.807) is 17.2 Å². The number of aromatic nitrogens is 1. The van der Waals surface area contributed by atoms with E-state index in [0.29, 0.717) is 32.5 Å². The molecule has 2 saturated heterocycles. The molecular weight excluding hydrogens is 298 g/mol. The number of likely N-dealkylation sites (tertiary alicyclic amines) is 2. The van der Waals surface area contributed by atoms with E-state index in [2.05, 4.69) is 4.98 Å². The van der Waals surface area contributed by atoms with Crippen LogP contribution < -0.4 is 0 Å². The quantitative estimate of drug-likeness (QED) is 0.873. The van der Waals surface area contributed by atoms with Gasteiger partial charge in [0, 0.05) is 25.7 Å². The molecule has 2 unspecified atom stereocenters. The maximum absolute atomic E-state index is 12.6. The van der Waals surface area contributed by atoms with Crippen LogP contribution in [-0.4, -0.2) is 56.8 Å². The molecule has 7 nitrogen and oxygen atoms in total. The molecule has 0 saturated carbocycles. The first-order valence-corrected chi connectivity index (χ1v) is 7.77. The van der Waals surface area contributed by atoms with Crippen molar-refractivity contribution < 1.29 is 19.5 Å². The zero-order chi connectivity index (χ0) is 16.4. The molecule has 2 fully saturated rings. The molecule has 2 amide bonds. The van der Waals surface area contributed by atoms with E-state index in [-0.39, 0.29) is 18.2 Å². The van der Waals surface area contributed by atoms with Crippen LogP contribution in [0.15, 0.2) is 24.4 Å². The third kappa shape index (κ3) is 3.18. The summed E-state index contributed by atoms with van der Waals surface area (Å²) in [7, 11) is 0. The molecule has 0 aliphatic carbocycles. The number of carboxylic acids is 1. The molecule has 1 aromatic heterocycles. The molecule has 7 heteroatoms. The summed E-state index contributed by atoms with van der Waals surface area (Å²) in [6.07, 6.45) is 3.00. The van der Waals surface area contributed by atoms with Crippen molar-refractivity contribution in [3.63, 3.8) is 0 Å². The monoisotopic (exact) mass is 317 g/mol. The van der Waals surface area contributed by atoms with Crippen molar-refractivity contribution in [1.29, 1.82) is 0 Å². The first-order valence-electron chi connectivity index (χ1n) is 7.77. The minimum absolute atomic E-state index is 0.0833. The molecule has 2 aliphatic heterocycles. The SMILES string of the molecule is O=C(O)C1CCCN1C(=O)C1CC(=O)N(Cc2ccccn2)C1. The van der Waals surface area contributed by atoms with E-state index < -0.39 is 17.9 Å². The van der Waals surface area contributed by atoms with E-state index in [9.17, 15) is 19.5 Å². The molecule has 1 N–H and O–H groups in total. The third-order valence-electron chi connectivity index (χ3n) is 4.46. The second-order valence-corrected chi connectivity index (χ2v) is 6.02. The van der Waals surface area contributed by atoms with E-state index in [1.165, 1.54) is 4.90 Å². The molecule has 2 atom stereocenters. The van der Waals surface area contributed by atoms with Crippen LogP contribution in [0.1, 0.15) is 25.0 Å². The van der Waals surface area contributed by atoms with Gasteiger partial charge in [0.25, 0.3) is 0 Å². The number of carboxylic acid groups (broad SMARTS) is 1. The maximum atomic E-state index is 12.6. The zero-order valence-corrected chi connectivity index (χ0v) is 12.7. The summed E-state index contributed by atoms with van der Waals surface area (Å²) in [4.78, 5) is 43.2. The Bertz CT molecular complexity index is 619. The Labute approximate surface area is 133 Å². The second-order valence-electron chi connectivity index (χ2n) is 6.02. The molecule has 0 aromatic carbocycles.